The summed E-state index contributed by atoms with van der Waals surface area (Å²) in [6.45, 7) is 0. The minimum absolute atomic E-state index is 0. The topological polar surface area (TPSA) is 305 Å². The molecule has 0 saturated heterocycles. The summed E-state index contributed by atoms with van der Waals surface area (Å²) in [4.78, 5) is 25.7. The Kier molecular flexibility index (Phi) is 118. The van der Waals surface area contributed by atoms with Gasteiger partial charge in [-0.1, -0.05) is 0 Å². The molecule has 0 radical (unpaired) electrons. The zero-order chi connectivity index (χ0) is 17.9. The first kappa shape index (κ1) is 56.3. The van der Waals surface area contributed by atoms with Crippen LogP contribution in [0, 0.1) is 0 Å². The monoisotopic (exact) mass is 430 g/mol. The molecule has 0 aliphatic heterocycles. The molecule has 0 aliphatic carbocycles. The second-order valence-corrected chi connectivity index (χ2v) is 1.46. The molecule has 0 atom stereocenters. The second-order valence-electron chi connectivity index (χ2n) is 1.46. The number of rotatable bonds is 0. The van der Waals surface area contributed by atoms with Crippen molar-refractivity contribution in [3.63, 3.8) is 0 Å². The van der Waals surface area contributed by atoms with Gasteiger partial charge in [0.1, 0.15) is 0 Å². The second kappa shape index (κ2) is 50.1. The largest absolute Gasteiger partial charge is 1.00 e. The van der Waals surface area contributed by atoms with Gasteiger partial charge in [-0.25, -0.2) is 14.4 Å². The van der Waals surface area contributed by atoms with E-state index in [9.17, 15) is 0 Å². The van der Waals surface area contributed by atoms with Crippen molar-refractivity contribution >= 4 is 33.1 Å². The van der Waals surface area contributed by atoms with Gasteiger partial charge in [0.25, 0.3) is 0 Å². The van der Waals surface area contributed by atoms with Crippen LogP contribution in [0.4, 0.5) is 14.4 Å². The van der Waals surface area contributed by atoms with E-state index in [1.165, 1.54) is 0 Å². The number of hydrogen-bond acceptors (Lipinski definition) is 9. The predicted octanol–water partition coefficient (Wildman–Crippen LogP) is -17.9. The first-order chi connectivity index (χ1) is 8.66. The van der Waals surface area contributed by atoms with Crippen molar-refractivity contribution in [1.82, 2.24) is 0 Å². The van der Waals surface area contributed by atoms with Crippen molar-refractivity contribution in [3.8, 4) is 0 Å². The number of carbonyl (C=O) groups is 3. The molecule has 0 aromatic rings. The van der Waals surface area contributed by atoms with E-state index < -0.39 is 33.1 Å². The molecule has 0 rings (SSSR count). The summed E-state index contributed by atoms with van der Waals surface area (Å²) in [6.07, 6.45) is -5.50. The molecule has 8 N–H and O–H groups in total. The van der Waals surface area contributed by atoms with Crippen LogP contribution >= 0.6 is 0 Å². The van der Waals surface area contributed by atoms with Gasteiger partial charge in [-0.3, -0.25) is 7.32 Å². The summed E-state index contributed by atoms with van der Waals surface area (Å²) in [7, 11) is -5.33. The molecule has 24 heavy (non-hydrogen) atoms. The quantitative estimate of drug-likeness (QED) is 0.165. The summed E-state index contributed by atoms with van der Waals surface area (Å²) in [5, 5.41) is 89.8. The Balaban J connectivity index is -0.0000000161. The zero-order valence-corrected chi connectivity index (χ0v) is 23.3. The Hall–Kier alpha value is 2.97. The van der Waals surface area contributed by atoms with Crippen molar-refractivity contribution in [3.05, 3.63) is 0 Å². The molecule has 0 unspecified atom stereocenters. The Labute approximate surface area is 264 Å². The molecule has 0 aromatic heterocycles. The Morgan fingerprint density at radius 3 is 0.583 bits per heavy atom. The molecule has 0 saturated carbocycles. The van der Waals surface area contributed by atoms with Gasteiger partial charge in [0.05, 0.1) is 0 Å². The summed E-state index contributed by atoms with van der Waals surface area (Å²) in [5.41, 5.74) is 0. The van der Waals surface area contributed by atoms with E-state index in [-0.39, 0.29) is 162 Å². The van der Waals surface area contributed by atoms with Crippen LogP contribution in [-0.4, -0.2) is 73.8 Å². The van der Waals surface area contributed by atoms with E-state index in [0.29, 0.717) is 0 Å². The van der Waals surface area contributed by atoms with E-state index in [0.717, 1.165) is 0 Å². The smallest absolute Gasteiger partial charge is 0.907 e. The molecule has 0 fully saturated rings. The Bertz CT molecular complexity index is 193. The first-order valence-corrected chi connectivity index (χ1v) is 3.41. The average molecular weight is 430 g/mol. The van der Waals surface area contributed by atoms with Crippen LogP contribution in [-0.2, 0) is 0 Å². The molecule has 0 bridgehead atoms. The van der Waals surface area contributed by atoms with Gasteiger partial charge < -0.3 is 60.8 Å². The normalized spacial score (nSPS) is 5.25. The molecular weight excluding hydrogens is 422 g/mol. The van der Waals surface area contributed by atoms with Gasteiger partial charge in [0.15, 0.2) is 0 Å². The third kappa shape index (κ3) is 1620. The first-order valence-electron chi connectivity index (χ1n) is 3.41. The minimum Gasteiger partial charge on any atom is -0.907 e. The van der Waals surface area contributed by atoms with E-state index >= 15 is 0 Å². The Morgan fingerprint density at radius 1 is 0.583 bits per heavy atom. The molecule has 0 aliphatic rings. The summed E-state index contributed by atoms with van der Waals surface area (Å²) in [6, 6.07) is 0. The number of hydrogen-bond donors (Lipinski definition) is 8. The van der Waals surface area contributed by atoms with Crippen LogP contribution < -0.4 is 182 Å². The van der Waals surface area contributed by atoms with Crippen molar-refractivity contribution in [2.24, 2.45) is 0 Å². The predicted molar refractivity (Wildman–Crippen MR) is 47.9 cm³/mol. The third-order valence-corrected chi connectivity index (χ3v) is 0. The van der Waals surface area contributed by atoms with Gasteiger partial charge in [-0.2, -0.15) is 0 Å². The standard InChI is InChI=1S/3CH2O3.BH2O3.BO3.2K.2Na/c5*2-1(3)4;;;;/h3*(H2,2,3,4);2-3H;;;;;/q;;;-1;-3;4*+1. The van der Waals surface area contributed by atoms with Crippen molar-refractivity contribution < 1.29 is 237 Å². The third-order valence-electron chi connectivity index (χ3n) is 0. The maximum atomic E-state index is 8.64. The fraction of sp³-hybridized carbons (Fsp3) is 0. The average Bonchev–Trinajstić information content (AvgIpc) is 1.94. The van der Waals surface area contributed by atoms with Gasteiger partial charge in [0, 0.05) is 0 Å². The van der Waals surface area contributed by atoms with Crippen LogP contribution in [0.2, 0.25) is 0 Å². The van der Waals surface area contributed by atoms with Crippen molar-refractivity contribution in [1.29, 1.82) is 0 Å². The van der Waals surface area contributed by atoms with Crippen LogP contribution in [0.15, 0.2) is 0 Å². The van der Waals surface area contributed by atoms with Crippen LogP contribution in [0.3, 0.4) is 0 Å². The minimum atomic E-state index is -2.92. The fourth-order valence-electron chi connectivity index (χ4n) is 0. The van der Waals surface area contributed by atoms with Gasteiger partial charge >= 0.3 is 188 Å². The molecule has 21 heteroatoms. The van der Waals surface area contributed by atoms with E-state index in [1.807, 2.05) is 0 Å². The van der Waals surface area contributed by atoms with E-state index in [2.05, 4.69) is 0 Å². The maximum absolute atomic E-state index is 8.64. The maximum Gasteiger partial charge on any atom is 1.00 e. The van der Waals surface area contributed by atoms with Gasteiger partial charge in [0.2, 0.25) is 0 Å². The Morgan fingerprint density at radius 2 is 0.583 bits per heavy atom. The summed E-state index contributed by atoms with van der Waals surface area (Å²) >= 11 is 0. The molecular formula is C3H8B2K2Na2O15. The summed E-state index contributed by atoms with van der Waals surface area (Å²) < 4.78 is 0. The van der Waals surface area contributed by atoms with Gasteiger partial charge in [-0.05, 0) is 0 Å². The van der Waals surface area contributed by atoms with Crippen molar-refractivity contribution in [2.75, 3.05) is 0 Å². The summed E-state index contributed by atoms with van der Waals surface area (Å²) in [5.74, 6) is 0. The SMILES string of the molecule is O=C(O)O.O=C(O)O.O=C(O)O.[K+].[K+].[Na+].[Na+].[O-]B(O)O.[O-]B([O-])[O-]. The fourth-order valence-corrected chi connectivity index (χ4v) is 0. The van der Waals surface area contributed by atoms with Crippen LogP contribution in [0.25, 0.3) is 0 Å². The molecule has 0 aromatic carbocycles. The molecule has 0 spiro atoms. The van der Waals surface area contributed by atoms with Crippen LogP contribution in [0.5, 0.6) is 0 Å². The molecule has 0 amide bonds. The van der Waals surface area contributed by atoms with Crippen LogP contribution in [0.1, 0.15) is 0 Å². The van der Waals surface area contributed by atoms with Crippen molar-refractivity contribution in [2.45, 2.75) is 0 Å². The van der Waals surface area contributed by atoms with E-state index in [1.54, 1.807) is 0 Å². The molecule has 120 valence electrons. The zero-order valence-electron chi connectivity index (χ0n) is 13.1. The van der Waals surface area contributed by atoms with E-state index in [4.69, 9.17) is 75.2 Å². The number of carboxylic acid groups (broad SMARTS) is 6. The van der Waals surface area contributed by atoms with Gasteiger partial charge in [-0.15, -0.1) is 0 Å². The molecule has 15 nitrogen and oxygen atoms in total. The molecule has 0 heterocycles.